The van der Waals surface area contributed by atoms with Gasteiger partial charge in [0, 0.05) is 6.54 Å². The van der Waals surface area contributed by atoms with Crippen molar-refractivity contribution < 1.29 is 14.3 Å². The second-order valence-corrected chi connectivity index (χ2v) is 5.07. The van der Waals surface area contributed by atoms with Gasteiger partial charge in [-0.1, -0.05) is 12.8 Å². The number of nitrogens with one attached hydrogen (secondary N) is 1. The summed E-state index contributed by atoms with van der Waals surface area (Å²) in [5, 5.41) is 3.29. The molecular weight excluding hydrogens is 232 g/mol. The lowest BCUT2D eigenvalue weighted by Crippen LogP contribution is -2.50. The van der Waals surface area contributed by atoms with Crippen molar-refractivity contribution in [1.82, 2.24) is 10.2 Å². The van der Waals surface area contributed by atoms with E-state index in [0.717, 1.165) is 38.6 Å². The summed E-state index contributed by atoms with van der Waals surface area (Å²) in [4.78, 5) is 25.8. The number of ether oxygens (including phenoxy) is 1. The molecule has 2 saturated heterocycles. The molecule has 102 valence electrons. The predicted octanol–water partition coefficient (Wildman–Crippen LogP) is 0.683. The molecular formula is C13H22N2O3. The largest absolute Gasteiger partial charge is 0.467 e. The van der Waals surface area contributed by atoms with Crippen LogP contribution in [-0.4, -0.2) is 49.1 Å². The minimum atomic E-state index is -0.368. The van der Waals surface area contributed by atoms with E-state index in [0.29, 0.717) is 6.54 Å². The van der Waals surface area contributed by atoms with E-state index in [1.165, 1.54) is 13.5 Å². The monoisotopic (exact) mass is 254 g/mol. The zero-order valence-corrected chi connectivity index (χ0v) is 11.0. The van der Waals surface area contributed by atoms with Gasteiger partial charge in [0.05, 0.1) is 13.2 Å². The van der Waals surface area contributed by atoms with E-state index in [1.54, 1.807) is 4.90 Å². The van der Waals surface area contributed by atoms with Crippen molar-refractivity contribution in [2.24, 2.45) is 0 Å². The molecule has 2 atom stereocenters. The van der Waals surface area contributed by atoms with Crippen LogP contribution in [0, 0.1) is 0 Å². The summed E-state index contributed by atoms with van der Waals surface area (Å²) in [5.41, 5.74) is 0. The van der Waals surface area contributed by atoms with Crippen LogP contribution < -0.4 is 5.32 Å². The van der Waals surface area contributed by atoms with Crippen molar-refractivity contribution in [3.05, 3.63) is 0 Å². The van der Waals surface area contributed by atoms with E-state index < -0.39 is 0 Å². The molecule has 0 bridgehead atoms. The molecule has 5 nitrogen and oxygen atoms in total. The lowest BCUT2D eigenvalue weighted by molar-refractivity contribution is -0.151. The van der Waals surface area contributed by atoms with Crippen molar-refractivity contribution in [1.29, 1.82) is 0 Å². The summed E-state index contributed by atoms with van der Waals surface area (Å²) in [5.74, 6) is -0.209. The average Bonchev–Trinajstić information content (AvgIpc) is 2.72. The number of carbonyl (C=O) groups is 2. The number of nitrogens with zero attached hydrogens (tertiary/aromatic N) is 1. The molecule has 2 aliphatic rings. The SMILES string of the molecule is COC(=O)[C@H]1CCCN1C(=O)[C@@H]1CCCCCN1. The number of rotatable bonds is 2. The van der Waals surface area contributed by atoms with Gasteiger partial charge in [-0.2, -0.15) is 0 Å². The first-order chi connectivity index (χ1) is 8.74. The Hall–Kier alpha value is -1.10. The summed E-state index contributed by atoms with van der Waals surface area (Å²) >= 11 is 0. The van der Waals surface area contributed by atoms with Gasteiger partial charge in [-0.3, -0.25) is 4.79 Å². The van der Waals surface area contributed by atoms with Crippen LogP contribution in [0.3, 0.4) is 0 Å². The molecule has 2 rings (SSSR count). The smallest absolute Gasteiger partial charge is 0.328 e. The third kappa shape index (κ3) is 2.83. The molecule has 2 heterocycles. The molecule has 2 fully saturated rings. The average molecular weight is 254 g/mol. The molecule has 0 unspecified atom stereocenters. The highest BCUT2D eigenvalue weighted by Crippen LogP contribution is 2.21. The van der Waals surface area contributed by atoms with Crippen molar-refractivity contribution in [3.63, 3.8) is 0 Å². The van der Waals surface area contributed by atoms with Crippen LogP contribution in [0.25, 0.3) is 0 Å². The van der Waals surface area contributed by atoms with Gasteiger partial charge in [0.2, 0.25) is 5.91 Å². The summed E-state index contributed by atoms with van der Waals surface area (Å²) < 4.78 is 4.77. The van der Waals surface area contributed by atoms with Gasteiger partial charge in [-0.05, 0) is 32.2 Å². The molecule has 0 aliphatic carbocycles. The van der Waals surface area contributed by atoms with E-state index >= 15 is 0 Å². The molecule has 0 aromatic carbocycles. The standard InChI is InChI=1S/C13H22N2O3/c1-18-13(17)11-7-5-9-15(11)12(16)10-6-3-2-4-8-14-10/h10-11,14H,2-9H2,1H3/t10-,11+/m0/s1. The highest BCUT2D eigenvalue weighted by Gasteiger charge is 2.37. The molecule has 0 spiro atoms. The highest BCUT2D eigenvalue weighted by molar-refractivity contribution is 5.88. The third-order valence-corrected chi connectivity index (χ3v) is 3.87. The number of carbonyl (C=O) groups excluding carboxylic acids is 2. The van der Waals surface area contributed by atoms with Crippen molar-refractivity contribution in [3.8, 4) is 0 Å². The molecule has 1 amide bonds. The Balaban J connectivity index is 2.00. The Bertz CT molecular complexity index is 311. The summed E-state index contributed by atoms with van der Waals surface area (Å²) in [6.45, 7) is 1.57. The Morgan fingerprint density at radius 3 is 2.78 bits per heavy atom. The van der Waals surface area contributed by atoms with E-state index in [1.807, 2.05) is 0 Å². The Morgan fingerprint density at radius 1 is 1.17 bits per heavy atom. The lowest BCUT2D eigenvalue weighted by Gasteiger charge is -2.27. The van der Waals surface area contributed by atoms with Gasteiger partial charge >= 0.3 is 5.97 Å². The van der Waals surface area contributed by atoms with Crippen molar-refractivity contribution in [2.75, 3.05) is 20.2 Å². The number of hydrogen-bond donors (Lipinski definition) is 1. The van der Waals surface area contributed by atoms with Crippen LogP contribution in [0.2, 0.25) is 0 Å². The van der Waals surface area contributed by atoms with Gasteiger partial charge in [-0.25, -0.2) is 4.79 Å². The lowest BCUT2D eigenvalue weighted by atomic mass is 10.1. The molecule has 0 aromatic heterocycles. The maximum Gasteiger partial charge on any atom is 0.328 e. The first-order valence-electron chi connectivity index (χ1n) is 6.85. The molecule has 1 N–H and O–H groups in total. The van der Waals surface area contributed by atoms with Gasteiger partial charge in [0.25, 0.3) is 0 Å². The fraction of sp³-hybridized carbons (Fsp3) is 0.846. The molecule has 5 heteroatoms. The zero-order chi connectivity index (χ0) is 13.0. The van der Waals surface area contributed by atoms with E-state index in [4.69, 9.17) is 4.74 Å². The fourth-order valence-electron chi connectivity index (χ4n) is 2.85. The molecule has 0 radical (unpaired) electrons. The van der Waals surface area contributed by atoms with Gasteiger partial charge < -0.3 is 15.0 Å². The van der Waals surface area contributed by atoms with Crippen LogP contribution >= 0.6 is 0 Å². The normalized spacial score (nSPS) is 28.8. The number of hydrogen-bond acceptors (Lipinski definition) is 4. The number of amides is 1. The fourth-order valence-corrected chi connectivity index (χ4v) is 2.85. The minimum absolute atomic E-state index is 0.0739. The van der Waals surface area contributed by atoms with Gasteiger partial charge in [0.1, 0.15) is 6.04 Å². The second kappa shape index (κ2) is 6.18. The van der Waals surface area contributed by atoms with E-state index in [2.05, 4.69) is 5.32 Å². The third-order valence-electron chi connectivity index (χ3n) is 3.87. The van der Waals surface area contributed by atoms with Crippen LogP contribution in [0.1, 0.15) is 38.5 Å². The van der Waals surface area contributed by atoms with Crippen molar-refractivity contribution >= 4 is 11.9 Å². The number of likely N-dealkylation sites (tertiary alicyclic amines) is 1. The number of esters is 1. The quantitative estimate of drug-likeness (QED) is 0.736. The Morgan fingerprint density at radius 2 is 2.00 bits per heavy atom. The summed E-state index contributed by atoms with van der Waals surface area (Å²) in [6, 6.07) is -0.481. The van der Waals surface area contributed by atoms with Gasteiger partial charge in [-0.15, -0.1) is 0 Å². The Labute approximate surface area is 108 Å². The maximum absolute atomic E-state index is 12.4. The maximum atomic E-state index is 12.4. The summed E-state index contributed by atoms with van der Waals surface area (Å²) in [6.07, 6.45) is 5.88. The first-order valence-corrected chi connectivity index (χ1v) is 6.85. The number of methoxy groups -OCH3 is 1. The first kappa shape index (κ1) is 13.3. The second-order valence-electron chi connectivity index (χ2n) is 5.07. The predicted molar refractivity (Wildman–Crippen MR) is 67.0 cm³/mol. The zero-order valence-electron chi connectivity index (χ0n) is 11.0. The van der Waals surface area contributed by atoms with E-state index in [9.17, 15) is 9.59 Å². The molecule has 0 saturated carbocycles. The topological polar surface area (TPSA) is 58.6 Å². The van der Waals surface area contributed by atoms with Gasteiger partial charge in [0.15, 0.2) is 0 Å². The molecule has 0 aromatic rings. The molecule has 2 aliphatic heterocycles. The Kier molecular flexibility index (Phi) is 4.58. The van der Waals surface area contributed by atoms with Crippen LogP contribution in [0.15, 0.2) is 0 Å². The minimum Gasteiger partial charge on any atom is -0.467 e. The van der Waals surface area contributed by atoms with Crippen LogP contribution in [0.5, 0.6) is 0 Å². The van der Waals surface area contributed by atoms with Crippen molar-refractivity contribution in [2.45, 2.75) is 50.6 Å². The highest BCUT2D eigenvalue weighted by atomic mass is 16.5. The van der Waals surface area contributed by atoms with Crippen LogP contribution in [-0.2, 0) is 14.3 Å². The van der Waals surface area contributed by atoms with Crippen LogP contribution in [0.4, 0.5) is 0 Å². The summed E-state index contributed by atoms with van der Waals surface area (Å²) in [7, 11) is 1.38. The van der Waals surface area contributed by atoms with E-state index in [-0.39, 0.29) is 24.0 Å². The molecule has 18 heavy (non-hydrogen) atoms.